The summed E-state index contributed by atoms with van der Waals surface area (Å²) >= 11 is 0. The minimum Gasteiger partial charge on any atom is -0.355 e. The van der Waals surface area contributed by atoms with E-state index in [-0.39, 0.29) is 0 Å². The molecule has 6 nitrogen and oxygen atoms in total. The van der Waals surface area contributed by atoms with Crippen LogP contribution in [0.15, 0.2) is 35.2 Å². The summed E-state index contributed by atoms with van der Waals surface area (Å²) in [5.74, 6) is 0.906. The first-order valence-corrected chi connectivity index (χ1v) is 12.2. The molecule has 29 heavy (non-hydrogen) atoms. The maximum absolute atomic E-state index is 13.2. The van der Waals surface area contributed by atoms with Gasteiger partial charge in [-0.15, -0.1) is 10.2 Å². The van der Waals surface area contributed by atoms with Crippen molar-refractivity contribution in [2.24, 2.45) is 0 Å². The van der Waals surface area contributed by atoms with E-state index in [1.54, 1.807) is 10.4 Å². The Bertz CT molecular complexity index is 930. The van der Waals surface area contributed by atoms with Gasteiger partial charge in [-0.2, -0.15) is 4.31 Å². The topological polar surface area (TPSA) is 66.4 Å². The van der Waals surface area contributed by atoms with Crippen LogP contribution in [0.2, 0.25) is 0 Å². The van der Waals surface area contributed by atoms with Crippen molar-refractivity contribution in [3.63, 3.8) is 0 Å². The fourth-order valence-electron chi connectivity index (χ4n) is 4.23. The van der Waals surface area contributed by atoms with Crippen molar-refractivity contribution in [1.29, 1.82) is 0 Å². The average Bonchev–Trinajstić information content (AvgIpc) is 3.04. The molecule has 1 aromatic heterocycles. The van der Waals surface area contributed by atoms with Gasteiger partial charge in [-0.25, -0.2) is 8.42 Å². The van der Waals surface area contributed by atoms with E-state index in [1.165, 1.54) is 25.7 Å². The van der Waals surface area contributed by atoms with Crippen LogP contribution in [0, 0.1) is 6.92 Å². The summed E-state index contributed by atoms with van der Waals surface area (Å²) < 4.78 is 28.0. The molecule has 2 saturated heterocycles. The summed E-state index contributed by atoms with van der Waals surface area (Å²) in [6, 6.07) is 9.52. The lowest BCUT2D eigenvalue weighted by Gasteiger charge is -2.26. The van der Waals surface area contributed by atoms with Gasteiger partial charge in [0.05, 0.1) is 10.6 Å². The van der Waals surface area contributed by atoms with Crippen molar-refractivity contribution < 1.29 is 8.42 Å². The Hall–Kier alpha value is -1.99. The zero-order valence-corrected chi connectivity index (χ0v) is 18.0. The largest absolute Gasteiger partial charge is 0.355 e. The molecule has 4 rings (SSSR count). The van der Waals surface area contributed by atoms with Crippen molar-refractivity contribution in [3.8, 4) is 11.3 Å². The van der Waals surface area contributed by atoms with Crippen LogP contribution in [0.5, 0.6) is 0 Å². The number of aromatic nitrogens is 2. The fraction of sp³-hybridized carbons (Fsp3) is 0.545. The van der Waals surface area contributed by atoms with Gasteiger partial charge in [0, 0.05) is 31.7 Å². The molecule has 2 fully saturated rings. The van der Waals surface area contributed by atoms with Gasteiger partial charge in [0.2, 0.25) is 10.0 Å². The first-order chi connectivity index (χ1) is 14.1. The molecule has 0 saturated carbocycles. The Morgan fingerprint density at radius 3 is 2.10 bits per heavy atom. The number of rotatable bonds is 4. The van der Waals surface area contributed by atoms with Crippen LogP contribution < -0.4 is 4.90 Å². The monoisotopic (exact) mass is 414 g/mol. The van der Waals surface area contributed by atoms with E-state index in [4.69, 9.17) is 0 Å². The van der Waals surface area contributed by atoms with E-state index in [0.29, 0.717) is 23.7 Å². The third-order valence-electron chi connectivity index (χ3n) is 6.00. The summed E-state index contributed by atoms with van der Waals surface area (Å²) in [5, 5.41) is 8.86. The molecule has 0 bridgehead atoms. The van der Waals surface area contributed by atoms with Crippen LogP contribution in [-0.4, -0.2) is 49.1 Å². The highest BCUT2D eigenvalue weighted by molar-refractivity contribution is 7.89. The van der Waals surface area contributed by atoms with Crippen molar-refractivity contribution in [3.05, 3.63) is 35.9 Å². The van der Waals surface area contributed by atoms with Crippen LogP contribution in [-0.2, 0) is 10.0 Å². The van der Waals surface area contributed by atoms with Gasteiger partial charge in [0.25, 0.3) is 0 Å². The van der Waals surface area contributed by atoms with Crippen LogP contribution in [0.25, 0.3) is 11.3 Å². The Kier molecular flexibility index (Phi) is 6.15. The molecule has 2 aliphatic heterocycles. The molecular weight excluding hydrogens is 384 g/mol. The first kappa shape index (κ1) is 20.3. The van der Waals surface area contributed by atoms with Gasteiger partial charge in [0.15, 0.2) is 5.82 Å². The number of nitrogens with zero attached hydrogens (tertiary/aromatic N) is 4. The van der Waals surface area contributed by atoms with E-state index in [2.05, 4.69) is 15.1 Å². The van der Waals surface area contributed by atoms with Gasteiger partial charge in [-0.3, -0.25) is 0 Å². The van der Waals surface area contributed by atoms with Crippen LogP contribution in [0.1, 0.15) is 50.5 Å². The van der Waals surface area contributed by atoms with Crippen LogP contribution >= 0.6 is 0 Å². The Labute approximate surface area is 174 Å². The molecule has 0 atom stereocenters. The van der Waals surface area contributed by atoms with E-state index in [0.717, 1.165) is 49.3 Å². The van der Waals surface area contributed by atoms with Gasteiger partial charge >= 0.3 is 0 Å². The third kappa shape index (κ3) is 4.46. The fourth-order valence-corrected chi connectivity index (χ4v) is 6.00. The predicted molar refractivity (Wildman–Crippen MR) is 115 cm³/mol. The minimum atomic E-state index is -3.48. The van der Waals surface area contributed by atoms with E-state index < -0.39 is 10.0 Å². The van der Waals surface area contributed by atoms with Crippen molar-refractivity contribution in [1.82, 2.24) is 14.5 Å². The average molecular weight is 415 g/mol. The summed E-state index contributed by atoms with van der Waals surface area (Å²) in [7, 11) is -3.48. The lowest BCUT2D eigenvalue weighted by atomic mass is 10.1. The number of hydrogen-bond donors (Lipinski definition) is 0. The smallest absolute Gasteiger partial charge is 0.243 e. The molecule has 3 heterocycles. The Morgan fingerprint density at radius 2 is 1.45 bits per heavy atom. The van der Waals surface area contributed by atoms with Crippen molar-refractivity contribution in [2.45, 2.75) is 56.8 Å². The second kappa shape index (κ2) is 8.79. The summed E-state index contributed by atoms with van der Waals surface area (Å²) in [6.07, 6.45) is 7.91. The van der Waals surface area contributed by atoms with Crippen molar-refractivity contribution >= 4 is 15.8 Å². The summed E-state index contributed by atoms with van der Waals surface area (Å²) in [5.41, 5.74) is 2.27. The van der Waals surface area contributed by atoms with E-state index in [1.807, 2.05) is 31.2 Å². The third-order valence-corrected chi connectivity index (χ3v) is 8.04. The van der Waals surface area contributed by atoms with Crippen molar-refractivity contribution in [2.75, 3.05) is 31.1 Å². The molecule has 0 amide bonds. The van der Waals surface area contributed by atoms with Crippen LogP contribution in [0.4, 0.5) is 5.82 Å². The lowest BCUT2D eigenvalue weighted by Crippen LogP contribution is -2.35. The minimum absolute atomic E-state index is 0.385. The SMILES string of the molecule is Cc1ccc(-c2ccc(N3CCCCCC3)nn2)cc1S(=O)(=O)N1CCCCC1. The number of aryl methyl sites for hydroxylation is 1. The maximum Gasteiger partial charge on any atom is 0.243 e. The first-order valence-electron chi connectivity index (χ1n) is 10.8. The zero-order valence-electron chi connectivity index (χ0n) is 17.2. The molecule has 0 aliphatic carbocycles. The normalized spacial score (nSPS) is 19.1. The summed E-state index contributed by atoms with van der Waals surface area (Å²) in [6.45, 7) is 5.12. The number of hydrogen-bond acceptors (Lipinski definition) is 5. The van der Waals surface area contributed by atoms with Gasteiger partial charge < -0.3 is 4.90 Å². The Morgan fingerprint density at radius 1 is 0.793 bits per heavy atom. The second-order valence-corrected chi connectivity index (χ2v) is 10.0. The Balaban J connectivity index is 1.60. The standard InChI is InChI=1S/C22H30N4O2S/c1-18-9-10-19(17-21(18)29(27,28)26-15-7-4-8-16-26)20-11-12-22(24-23-20)25-13-5-2-3-6-14-25/h9-12,17H,2-8,13-16H2,1H3. The predicted octanol–water partition coefficient (Wildman–Crippen LogP) is 4.01. The maximum atomic E-state index is 13.2. The van der Waals surface area contributed by atoms with E-state index in [9.17, 15) is 8.42 Å². The molecule has 0 N–H and O–H groups in total. The molecule has 2 aromatic rings. The molecule has 1 aromatic carbocycles. The second-order valence-electron chi connectivity index (χ2n) is 8.12. The van der Waals surface area contributed by atoms with Gasteiger partial charge in [-0.05, 0) is 56.4 Å². The van der Waals surface area contributed by atoms with Crippen LogP contribution in [0.3, 0.4) is 0 Å². The highest BCUT2D eigenvalue weighted by Gasteiger charge is 2.27. The molecule has 0 spiro atoms. The molecule has 0 radical (unpaired) electrons. The van der Waals surface area contributed by atoms with E-state index >= 15 is 0 Å². The number of anilines is 1. The molecule has 2 aliphatic rings. The highest BCUT2D eigenvalue weighted by atomic mass is 32.2. The van der Waals surface area contributed by atoms with Gasteiger partial charge in [0.1, 0.15) is 0 Å². The summed E-state index contributed by atoms with van der Waals surface area (Å²) in [4.78, 5) is 2.68. The quantitative estimate of drug-likeness (QED) is 0.756. The molecular formula is C22H30N4O2S. The number of piperidine rings is 1. The number of benzene rings is 1. The molecule has 0 unspecified atom stereocenters. The van der Waals surface area contributed by atoms with Gasteiger partial charge in [-0.1, -0.05) is 31.4 Å². The molecule has 156 valence electrons. The highest BCUT2D eigenvalue weighted by Crippen LogP contribution is 2.28. The zero-order chi connectivity index (χ0) is 20.3. The lowest BCUT2D eigenvalue weighted by molar-refractivity contribution is 0.346. The number of sulfonamides is 1. The molecule has 7 heteroatoms.